The number of carbonyl (C=O) groups is 3. The van der Waals surface area contributed by atoms with Crippen molar-refractivity contribution in [2.45, 2.75) is 13.5 Å². The normalized spacial score (nSPS) is 10.5. The van der Waals surface area contributed by atoms with Gasteiger partial charge in [0.05, 0.1) is 38.9 Å². The van der Waals surface area contributed by atoms with Crippen molar-refractivity contribution in [2.24, 2.45) is 0 Å². The molecule has 0 spiro atoms. The van der Waals surface area contributed by atoms with Crippen molar-refractivity contribution in [1.82, 2.24) is 14.6 Å². The zero-order valence-corrected chi connectivity index (χ0v) is 24.3. The van der Waals surface area contributed by atoms with Crippen LogP contribution < -0.4 is 15.4 Å². The van der Waals surface area contributed by atoms with Gasteiger partial charge in [-0.05, 0) is 60.4 Å². The molecule has 4 N–H and O–H groups in total. The molecule has 0 saturated heterocycles. The molecule has 0 saturated carbocycles. The number of aryl methyl sites for hydroxylation is 1. The van der Waals surface area contributed by atoms with Crippen LogP contribution in [-0.2, 0) is 11.3 Å². The number of halogens is 3. The lowest BCUT2D eigenvalue weighted by atomic mass is 10.0. The Balaban J connectivity index is 1.99. The van der Waals surface area contributed by atoms with Gasteiger partial charge in [0.2, 0.25) is 11.9 Å². The molecule has 0 aliphatic rings. The molecule has 0 aliphatic carbocycles. The minimum Gasteiger partial charge on any atom is -0.490 e. The quantitative estimate of drug-likeness (QED) is 0.0940. The Morgan fingerprint density at radius 2 is 1.87 bits per heavy atom. The molecule has 0 unspecified atom stereocenters. The Labute approximate surface area is 246 Å². The van der Waals surface area contributed by atoms with Gasteiger partial charge >= 0.3 is 6.09 Å². The lowest BCUT2D eigenvalue weighted by molar-refractivity contribution is -0.113. The Morgan fingerprint density at radius 1 is 1.23 bits per heavy atom. The number of rotatable bonds is 9. The Kier molecular flexibility index (Phi) is 10.5. The third-order valence-corrected chi connectivity index (χ3v) is 7.00. The first-order chi connectivity index (χ1) is 18.5. The Hall–Kier alpha value is -3.45. The van der Waals surface area contributed by atoms with Crippen LogP contribution in [0.2, 0.25) is 10.0 Å². The number of ether oxygens (including phenoxy) is 1. The minimum absolute atomic E-state index is 0.0304. The van der Waals surface area contributed by atoms with Gasteiger partial charge < -0.3 is 15.2 Å². The zero-order valence-electron chi connectivity index (χ0n) is 20.4. The van der Waals surface area contributed by atoms with Crippen molar-refractivity contribution >= 4 is 80.2 Å². The number of nitrogens with one attached hydrogen (secondary N) is 3. The van der Waals surface area contributed by atoms with Gasteiger partial charge in [0.15, 0.2) is 0 Å². The highest BCUT2D eigenvalue weighted by atomic mass is 79.9. The molecule has 0 aliphatic heterocycles. The maximum atomic E-state index is 13.8. The van der Waals surface area contributed by atoms with Crippen molar-refractivity contribution in [1.29, 1.82) is 5.41 Å². The predicted molar refractivity (Wildman–Crippen MR) is 156 cm³/mol. The van der Waals surface area contributed by atoms with Crippen molar-refractivity contribution in [3.8, 4) is 17.0 Å². The molecule has 39 heavy (non-hydrogen) atoms. The van der Waals surface area contributed by atoms with E-state index in [1.807, 2.05) is 5.32 Å². The molecule has 1 heterocycles. The molecule has 0 bridgehead atoms. The van der Waals surface area contributed by atoms with E-state index in [4.69, 9.17) is 33.3 Å². The molecular formula is C25H22BrCl2N5O5S. The van der Waals surface area contributed by atoms with Crippen LogP contribution in [0.3, 0.4) is 0 Å². The fourth-order valence-electron chi connectivity index (χ4n) is 3.43. The number of anilines is 1. The van der Waals surface area contributed by atoms with E-state index in [-0.39, 0.29) is 39.1 Å². The summed E-state index contributed by atoms with van der Waals surface area (Å²) in [7, 11) is 0. The van der Waals surface area contributed by atoms with Crippen molar-refractivity contribution in [2.75, 3.05) is 17.3 Å². The van der Waals surface area contributed by atoms with Crippen LogP contribution in [0.5, 0.6) is 5.75 Å². The number of alkyl halides is 1. The molecule has 3 amide bonds. The van der Waals surface area contributed by atoms with Crippen LogP contribution >= 0.6 is 50.7 Å². The molecule has 10 nitrogen and oxygen atoms in total. The van der Waals surface area contributed by atoms with E-state index < -0.39 is 18.0 Å². The summed E-state index contributed by atoms with van der Waals surface area (Å²) in [6, 6.07) is 9.88. The third kappa shape index (κ3) is 7.57. The van der Waals surface area contributed by atoms with Crippen molar-refractivity contribution < 1.29 is 24.2 Å². The van der Waals surface area contributed by atoms with Gasteiger partial charge in [0.1, 0.15) is 12.4 Å². The van der Waals surface area contributed by atoms with E-state index in [2.05, 4.69) is 32.2 Å². The Morgan fingerprint density at radius 3 is 2.44 bits per heavy atom. The topological polar surface area (TPSA) is 145 Å². The molecule has 0 fully saturated rings. The van der Waals surface area contributed by atoms with Crippen LogP contribution in [0, 0.1) is 12.3 Å². The lowest BCUT2D eigenvalue weighted by Gasteiger charge is -2.24. The second-order valence-corrected chi connectivity index (χ2v) is 10.2. The molecule has 2 aromatic carbocycles. The van der Waals surface area contributed by atoms with Gasteiger partial charge in [0, 0.05) is 10.4 Å². The van der Waals surface area contributed by atoms with E-state index in [0.717, 1.165) is 16.4 Å². The van der Waals surface area contributed by atoms with Crippen LogP contribution in [0.4, 0.5) is 10.5 Å². The molecule has 0 atom stereocenters. The van der Waals surface area contributed by atoms with E-state index in [1.54, 1.807) is 37.3 Å². The summed E-state index contributed by atoms with van der Waals surface area (Å²) in [5.74, 6) is -1.10. The first kappa shape index (κ1) is 30.1. The van der Waals surface area contributed by atoms with Crippen LogP contribution in [-0.4, -0.2) is 50.2 Å². The van der Waals surface area contributed by atoms with E-state index >= 15 is 0 Å². The minimum atomic E-state index is -1.52. The van der Waals surface area contributed by atoms with Crippen molar-refractivity contribution in [3.05, 3.63) is 75.1 Å². The van der Waals surface area contributed by atoms with Gasteiger partial charge in [-0.1, -0.05) is 51.8 Å². The number of carbonyl (C=O) groups excluding carboxylic acids is 2. The number of benzene rings is 2. The first-order valence-electron chi connectivity index (χ1n) is 11.1. The number of amides is 3. The molecule has 204 valence electrons. The smallest absolute Gasteiger partial charge is 0.411 e. The standard InChI is InChI=1S/C25H22BrCl2N5O5S/c1-3-8-38-16-6-4-15(5-7-16)21-20(13(2)39-32-21)23(35)33(24(29)31-25(36)37)12-14-9-17(27)22(18(28)10-14)30-19(34)11-26/h3-7,9-10H,1,8,11-12H2,2H3,(H2,29,31)(H,30,34)(H,36,37). The highest BCUT2D eigenvalue weighted by Gasteiger charge is 2.29. The number of carboxylic acid groups (broad SMARTS) is 1. The summed E-state index contributed by atoms with van der Waals surface area (Å²) in [5, 5.41) is 22.2. The molecule has 14 heteroatoms. The third-order valence-electron chi connectivity index (χ3n) is 5.14. The van der Waals surface area contributed by atoms with Gasteiger partial charge in [-0.3, -0.25) is 25.2 Å². The highest BCUT2D eigenvalue weighted by molar-refractivity contribution is 9.09. The number of guanidine groups is 1. The van der Waals surface area contributed by atoms with E-state index in [0.29, 0.717) is 34.1 Å². The second-order valence-electron chi connectivity index (χ2n) is 7.87. The zero-order chi connectivity index (χ0) is 28.7. The summed E-state index contributed by atoms with van der Waals surface area (Å²) < 4.78 is 9.93. The van der Waals surface area contributed by atoms with Crippen LogP contribution in [0.25, 0.3) is 11.3 Å². The maximum absolute atomic E-state index is 13.8. The largest absolute Gasteiger partial charge is 0.490 e. The Bertz CT molecular complexity index is 1410. The SMILES string of the molecule is C=CCOc1ccc(-c2nsc(C)c2C(=O)N(Cc2cc(Cl)c(NC(=O)CBr)c(Cl)c2)C(=N)NC(=O)O)cc1. The van der Waals surface area contributed by atoms with E-state index in [1.165, 1.54) is 12.1 Å². The number of hydrogen-bond acceptors (Lipinski definition) is 7. The molecule has 3 aromatic rings. The molecule has 1 aromatic heterocycles. The van der Waals surface area contributed by atoms with Crippen molar-refractivity contribution in [3.63, 3.8) is 0 Å². The summed E-state index contributed by atoms with van der Waals surface area (Å²) >= 11 is 16.8. The number of aromatic nitrogens is 1. The fraction of sp³-hybridized carbons (Fsp3) is 0.160. The number of nitrogens with zero attached hydrogens (tertiary/aromatic N) is 2. The lowest BCUT2D eigenvalue weighted by Crippen LogP contribution is -2.46. The molecular weight excluding hydrogens is 633 g/mol. The van der Waals surface area contributed by atoms with E-state index in [9.17, 15) is 19.5 Å². The first-order valence-corrected chi connectivity index (χ1v) is 13.7. The summed E-state index contributed by atoms with van der Waals surface area (Å²) in [6.45, 7) is 5.40. The monoisotopic (exact) mass is 653 g/mol. The molecule has 3 rings (SSSR count). The molecule has 0 radical (unpaired) electrons. The highest BCUT2D eigenvalue weighted by Crippen LogP contribution is 2.34. The van der Waals surface area contributed by atoms with Gasteiger partial charge in [-0.2, -0.15) is 4.37 Å². The second kappa shape index (κ2) is 13.6. The van der Waals surface area contributed by atoms with Gasteiger partial charge in [0.25, 0.3) is 5.91 Å². The average molecular weight is 655 g/mol. The van der Waals surface area contributed by atoms with Gasteiger partial charge in [-0.25, -0.2) is 4.79 Å². The van der Waals surface area contributed by atoms with Gasteiger partial charge in [-0.15, -0.1) is 0 Å². The maximum Gasteiger partial charge on any atom is 0.411 e. The predicted octanol–water partition coefficient (Wildman–Crippen LogP) is 6.17. The summed E-state index contributed by atoms with van der Waals surface area (Å²) in [4.78, 5) is 38.4. The van der Waals surface area contributed by atoms with Crippen LogP contribution in [0.15, 0.2) is 49.1 Å². The summed E-state index contributed by atoms with van der Waals surface area (Å²) in [6.07, 6.45) is 0.105. The van der Waals surface area contributed by atoms with Crippen LogP contribution in [0.1, 0.15) is 20.8 Å². The average Bonchev–Trinajstić information content (AvgIpc) is 3.28. The fourth-order valence-corrected chi connectivity index (χ4v) is 4.90. The number of hydrogen-bond donors (Lipinski definition) is 4. The summed E-state index contributed by atoms with van der Waals surface area (Å²) in [5.41, 5.74) is 1.77.